The van der Waals surface area contributed by atoms with E-state index in [1.54, 1.807) is 12.1 Å². The number of rotatable bonds is 6. The molecule has 2 amide bonds. The summed E-state index contributed by atoms with van der Waals surface area (Å²) in [6.45, 7) is 1.48. The molecule has 170 valence electrons. The average Bonchev–Trinajstić information content (AvgIpc) is 2.76. The van der Waals surface area contributed by atoms with Crippen molar-refractivity contribution in [2.75, 3.05) is 4.72 Å². The molecule has 0 radical (unpaired) electrons. The highest BCUT2D eigenvalue weighted by Crippen LogP contribution is 2.23. The normalized spacial score (nSPS) is 10.8. The van der Waals surface area contributed by atoms with Crippen LogP contribution < -0.4 is 15.6 Å². The van der Waals surface area contributed by atoms with Crippen LogP contribution in [0, 0.1) is 17.0 Å². The molecule has 0 atom stereocenters. The van der Waals surface area contributed by atoms with Crippen molar-refractivity contribution in [3.8, 4) is 0 Å². The maximum absolute atomic E-state index is 12.7. The molecule has 0 aromatic heterocycles. The van der Waals surface area contributed by atoms with Gasteiger partial charge in [-0.25, -0.2) is 8.42 Å². The first kappa shape index (κ1) is 23.7. The van der Waals surface area contributed by atoms with Gasteiger partial charge in [0.05, 0.1) is 15.5 Å². The third-order valence-electron chi connectivity index (χ3n) is 4.44. The van der Waals surface area contributed by atoms with Crippen molar-refractivity contribution in [1.82, 2.24) is 10.9 Å². The minimum Gasteiger partial charge on any atom is -0.280 e. The number of hydrazine groups is 1. The molecule has 0 heterocycles. The van der Waals surface area contributed by atoms with Crippen molar-refractivity contribution >= 4 is 44.8 Å². The van der Waals surface area contributed by atoms with E-state index >= 15 is 0 Å². The molecule has 12 heteroatoms. The van der Waals surface area contributed by atoms with Crippen LogP contribution >= 0.6 is 11.6 Å². The van der Waals surface area contributed by atoms with E-state index in [-0.39, 0.29) is 33.0 Å². The zero-order chi connectivity index (χ0) is 24.2. The Labute approximate surface area is 193 Å². The minimum atomic E-state index is -4.03. The lowest BCUT2D eigenvalue weighted by Gasteiger charge is -2.11. The Bertz CT molecular complexity index is 1360. The second-order valence-electron chi connectivity index (χ2n) is 6.78. The third kappa shape index (κ3) is 5.64. The highest BCUT2D eigenvalue weighted by Gasteiger charge is 2.23. The van der Waals surface area contributed by atoms with Gasteiger partial charge in [-0.1, -0.05) is 35.9 Å². The fourth-order valence-electron chi connectivity index (χ4n) is 2.91. The number of nitro groups is 1. The molecule has 0 aliphatic carbocycles. The number of hydrogen-bond donors (Lipinski definition) is 3. The summed E-state index contributed by atoms with van der Waals surface area (Å²) in [5.74, 6) is -1.72. The van der Waals surface area contributed by atoms with Crippen LogP contribution in [0.4, 0.5) is 11.4 Å². The summed E-state index contributed by atoms with van der Waals surface area (Å²) in [5.41, 5.74) is 4.06. The van der Waals surface area contributed by atoms with Gasteiger partial charge in [-0.15, -0.1) is 0 Å². The van der Waals surface area contributed by atoms with E-state index in [9.17, 15) is 28.1 Å². The zero-order valence-corrected chi connectivity index (χ0v) is 18.6. The highest BCUT2D eigenvalue weighted by atomic mass is 35.5. The first-order valence-electron chi connectivity index (χ1n) is 9.31. The average molecular weight is 489 g/mol. The molecule has 0 unspecified atom stereocenters. The monoisotopic (exact) mass is 488 g/mol. The molecule has 0 bridgehead atoms. The number of benzene rings is 3. The maximum Gasteiger partial charge on any atom is 0.285 e. The number of amides is 2. The van der Waals surface area contributed by atoms with E-state index in [1.165, 1.54) is 55.5 Å². The molecule has 0 aliphatic heterocycles. The summed E-state index contributed by atoms with van der Waals surface area (Å²) in [7, 11) is -4.03. The Morgan fingerprint density at radius 3 is 2.30 bits per heavy atom. The van der Waals surface area contributed by atoms with Gasteiger partial charge < -0.3 is 0 Å². The van der Waals surface area contributed by atoms with Gasteiger partial charge in [0, 0.05) is 16.1 Å². The quantitative estimate of drug-likeness (QED) is 0.357. The van der Waals surface area contributed by atoms with Gasteiger partial charge >= 0.3 is 0 Å². The molecule has 3 rings (SSSR count). The Morgan fingerprint density at radius 1 is 0.939 bits per heavy atom. The van der Waals surface area contributed by atoms with E-state index < -0.39 is 26.8 Å². The standard InChI is InChI=1S/C21H17ClN4O6S/c1-13-5-2-10-18(19(13)26(29)30)21(28)24-23-20(27)14-6-3-9-17(11-14)33(31,32)25-16-8-4-7-15(22)12-16/h2-12,25H,1H3,(H,23,27)(H,24,28). The molecule has 3 N–H and O–H groups in total. The fraction of sp³-hybridized carbons (Fsp3) is 0.0476. The summed E-state index contributed by atoms with van der Waals surface area (Å²) in [6.07, 6.45) is 0. The lowest BCUT2D eigenvalue weighted by molar-refractivity contribution is -0.385. The van der Waals surface area contributed by atoms with E-state index in [0.29, 0.717) is 5.02 Å². The van der Waals surface area contributed by atoms with Crippen LogP contribution in [0.15, 0.2) is 71.6 Å². The topological polar surface area (TPSA) is 148 Å². The molecular formula is C21H17ClN4O6S. The van der Waals surface area contributed by atoms with Crippen LogP contribution in [0.25, 0.3) is 0 Å². The first-order valence-corrected chi connectivity index (χ1v) is 11.2. The van der Waals surface area contributed by atoms with Crippen molar-refractivity contribution in [1.29, 1.82) is 0 Å². The van der Waals surface area contributed by atoms with Gasteiger partial charge in [-0.05, 0) is 49.4 Å². The van der Waals surface area contributed by atoms with Gasteiger partial charge in [0.2, 0.25) is 0 Å². The van der Waals surface area contributed by atoms with Crippen LogP contribution in [0.3, 0.4) is 0 Å². The minimum absolute atomic E-state index is 0.0667. The number of anilines is 1. The number of nitrogens with one attached hydrogen (secondary N) is 3. The van der Waals surface area contributed by atoms with E-state index in [2.05, 4.69) is 15.6 Å². The zero-order valence-electron chi connectivity index (χ0n) is 17.0. The molecule has 33 heavy (non-hydrogen) atoms. The third-order valence-corrected chi connectivity index (χ3v) is 6.05. The fourth-order valence-corrected chi connectivity index (χ4v) is 4.19. The van der Waals surface area contributed by atoms with E-state index in [4.69, 9.17) is 11.6 Å². The predicted molar refractivity (Wildman–Crippen MR) is 121 cm³/mol. The largest absolute Gasteiger partial charge is 0.285 e. The molecule has 0 fully saturated rings. The number of hydrogen-bond acceptors (Lipinski definition) is 6. The van der Waals surface area contributed by atoms with Crippen LogP contribution in [-0.4, -0.2) is 25.2 Å². The molecular weight excluding hydrogens is 472 g/mol. The summed E-state index contributed by atoms with van der Waals surface area (Å²) >= 11 is 5.87. The summed E-state index contributed by atoms with van der Waals surface area (Å²) in [5, 5.41) is 11.6. The van der Waals surface area contributed by atoms with Crippen molar-refractivity contribution in [3.05, 3.63) is 98.6 Å². The molecule has 3 aromatic rings. The van der Waals surface area contributed by atoms with Crippen LogP contribution in [0.5, 0.6) is 0 Å². The van der Waals surface area contributed by atoms with Crippen LogP contribution in [0.1, 0.15) is 26.3 Å². The van der Waals surface area contributed by atoms with E-state index in [1.807, 2.05) is 0 Å². The van der Waals surface area contributed by atoms with Crippen molar-refractivity contribution in [3.63, 3.8) is 0 Å². The van der Waals surface area contributed by atoms with Gasteiger partial charge in [0.1, 0.15) is 5.56 Å². The lowest BCUT2D eigenvalue weighted by Crippen LogP contribution is -2.41. The van der Waals surface area contributed by atoms with E-state index in [0.717, 1.165) is 6.07 Å². The Hall–Kier alpha value is -3.96. The Morgan fingerprint density at radius 2 is 1.61 bits per heavy atom. The van der Waals surface area contributed by atoms with Gasteiger partial charge in [0.15, 0.2) is 0 Å². The molecule has 0 saturated heterocycles. The van der Waals surface area contributed by atoms with Crippen molar-refractivity contribution in [2.45, 2.75) is 11.8 Å². The Balaban J connectivity index is 1.74. The molecule has 0 saturated carbocycles. The van der Waals surface area contributed by atoms with Gasteiger partial charge in [-0.3, -0.25) is 35.3 Å². The second kappa shape index (κ2) is 9.67. The number of nitro benzene ring substituents is 1. The van der Waals surface area contributed by atoms with Gasteiger partial charge in [-0.2, -0.15) is 0 Å². The first-order chi connectivity index (χ1) is 15.6. The SMILES string of the molecule is Cc1cccc(C(=O)NNC(=O)c2cccc(S(=O)(=O)Nc3cccc(Cl)c3)c2)c1[N+](=O)[O-]. The van der Waals surface area contributed by atoms with Crippen LogP contribution in [-0.2, 0) is 10.0 Å². The number of aryl methyl sites for hydroxylation is 1. The number of nitrogens with zero attached hydrogens (tertiary/aromatic N) is 1. The van der Waals surface area contributed by atoms with Gasteiger partial charge in [0.25, 0.3) is 27.5 Å². The second-order valence-corrected chi connectivity index (χ2v) is 8.90. The lowest BCUT2D eigenvalue weighted by atomic mass is 10.1. The number of halogens is 1. The summed E-state index contributed by atoms with van der Waals surface area (Å²) in [4.78, 5) is 35.2. The number of carbonyl (C=O) groups excluding carboxylic acids is 2. The maximum atomic E-state index is 12.7. The molecule has 3 aromatic carbocycles. The number of sulfonamides is 1. The molecule has 0 aliphatic rings. The Kier molecular flexibility index (Phi) is 6.95. The summed E-state index contributed by atoms with van der Waals surface area (Å²) < 4.78 is 27.7. The highest BCUT2D eigenvalue weighted by molar-refractivity contribution is 7.92. The van der Waals surface area contributed by atoms with Crippen molar-refractivity contribution < 1.29 is 22.9 Å². The molecule has 0 spiro atoms. The smallest absolute Gasteiger partial charge is 0.280 e. The van der Waals surface area contributed by atoms with Crippen molar-refractivity contribution in [2.24, 2.45) is 0 Å². The summed E-state index contributed by atoms with van der Waals surface area (Å²) in [6, 6.07) is 15.4. The van der Waals surface area contributed by atoms with Crippen LogP contribution in [0.2, 0.25) is 5.02 Å². The molecule has 10 nitrogen and oxygen atoms in total. The number of carbonyl (C=O) groups is 2. The predicted octanol–water partition coefficient (Wildman–Crippen LogP) is 3.43. The number of para-hydroxylation sites is 1.